The van der Waals surface area contributed by atoms with Gasteiger partial charge in [-0.15, -0.1) is 0 Å². The van der Waals surface area contributed by atoms with Gasteiger partial charge in [0, 0.05) is 23.8 Å². The number of nitrogens with one attached hydrogen (secondary N) is 2. The maximum absolute atomic E-state index is 13.6. The van der Waals surface area contributed by atoms with Crippen LogP contribution in [0.2, 0.25) is 0 Å². The third-order valence-corrected chi connectivity index (χ3v) is 4.14. The van der Waals surface area contributed by atoms with Gasteiger partial charge >= 0.3 is 0 Å². The minimum Gasteiger partial charge on any atom is -0.733 e. The van der Waals surface area contributed by atoms with Crippen molar-refractivity contribution in [1.29, 1.82) is 0 Å². The van der Waals surface area contributed by atoms with E-state index in [0.29, 0.717) is 6.07 Å². The second kappa shape index (κ2) is 10.1. The van der Waals surface area contributed by atoms with Gasteiger partial charge in [-0.2, -0.15) is 4.90 Å². The van der Waals surface area contributed by atoms with Gasteiger partial charge in [0.15, 0.2) is 5.82 Å². The number of hydrogen-bond acceptors (Lipinski definition) is 7. The number of guanidine groups is 1. The van der Waals surface area contributed by atoms with E-state index >= 15 is 0 Å². The zero-order chi connectivity index (χ0) is 22.4. The van der Waals surface area contributed by atoms with Gasteiger partial charge in [-0.25, -0.2) is 8.78 Å². The fourth-order valence-electron chi connectivity index (χ4n) is 2.44. The van der Waals surface area contributed by atoms with Crippen LogP contribution in [0.5, 0.6) is 0 Å². The summed E-state index contributed by atoms with van der Waals surface area (Å²) in [5, 5.41) is 41.6. The topological polar surface area (TPSA) is 158 Å². The Morgan fingerprint density at radius 3 is 2.63 bits per heavy atom. The van der Waals surface area contributed by atoms with Crippen molar-refractivity contribution in [3.05, 3.63) is 78.9 Å². The lowest BCUT2D eigenvalue weighted by atomic mass is 10.1. The first-order valence-corrected chi connectivity index (χ1v) is 8.78. The molecule has 0 amide bonds. The highest BCUT2D eigenvalue weighted by Crippen LogP contribution is 2.25. The first-order chi connectivity index (χ1) is 14.1. The molecule has 0 spiro atoms. The van der Waals surface area contributed by atoms with E-state index in [1.54, 1.807) is 0 Å². The largest absolute Gasteiger partial charge is 0.733 e. The molecule has 10 nitrogen and oxygen atoms in total. The molecule has 0 aliphatic heterocycles. The summed E-state index contributed by atoms with van der Waals surface area (Å²) in [6, 6.07) is 1.34. The highest BCUT2D eigenvalue weighted by atomic mass is 35.5. The zero-order valence-corrected chi connectivity index (χ0v) is 16.4. The van der Waals surface area contributed by atoms with E-state index in [1.807, 2.05) is 0 Å². The van der Waals surface area contributed by atoms with E-state index in [2.05, 4.69) is 15.8 Å². The Labute approximate surface area is 178 Å². The molecular formula is C16H14Cl2F2N6O4-2. The van der Waals surface area contributed by atoms with E-state index in [1.165, 1.54) is 18.4 Å². The van der Waals surface area contributed by atoms with Crippen LogP contribution in [0.25, 0.3) is 0 Å². The van der Waals surface area contributed by atoms with Crippen LogP contribution < -0.4 is 21.8 Å². The number of allylic oxidation sites excluding steroid dienone is 5. The second-order valence-corrected chi connectivity index (χ2v) is 6.53. The lowest BCUT2D eigenvalue weighted by molar-refractivity contribution is -0.377. The van der Waals surface area contributed by atoms with E-state index in [4.69, 9.17) is 34.1 Å². The van der Waals surface area contributed by atoms with Gasteiger partial charge in [0.2, 0.25) is 11.7 Å². The van der Waals surface area contributed by atoms with Crippen LogP contribution >= 0.6 is 23.2 Å². The molecule has 1 aliphatic carbocycles. The van der Waals surface area contributed by atoms with Crippen molar-refractivity contribution >= 4 is 40.6 Å². The Morgan fingerprint density at radius 2 is 2.00 bits per heavy atom. The average molecular weight is 463 g/mol. The Hall–Kier alpha value is -3.06. The molecule has 1 aromatic rings. The number of nitrogens with two attached hydrogens (primary N) is 1. The first kappa shape index (κ1) is 23.2. The van der Waals surface area contributed by atoms with Crippen molar-refractivity contribution in [2.45, 2.75) is 6.42 Å². The molecule has 14 heteroatoms. The summed E-state index contributed by atoms with van der Waals surface area (Å²) in [5.74, 6) is -2.33. The highest BCUT2D eigenvalue weighted by Gasteiger charge is 2.21. The van der Waals surface area contributed by atoms with E-state index in [9.17, 15) is 24.4 Å². The monoisotopic (exact) mass is 462 g/mol. The molecule has 30 heavy (non-hydrogen) atoms. The summed E-state index contributed by atoms with van der Waals surface area (Å²) in [4.78, 5) is 3.19. The van der Waals surface area contributed by atoms with Crippen LogP contribution in [0.1, 0.15) is 5.56 Å². The van der Waals surface area contributed by atoms with Crippen molar-refractivity contribution in [3.63, 3.8) is 0 Å². The van der Waals surface area contributed by atoms with Crippen molar-refractivity contribution in [2.75, 3.05) is 11.8 Å². The van der Waals surface area contributed by atoms with Crippen molar-refractivity contribution in [1.82, 2.24) is 10.9 Å². The summed E-state index contributed by atoms with van der Waals surface area (Å²) < 4.78 is 27.0. The smallest absolute Gasteiger partial charge is 0.250 e. The molecule has 0 fully saturated rings. The molecule has 0 aromatic heterocycles. The number of halogens is 4. The fourth-order valence-corrected chi connectivity index (χ4v) is 3.01. The van der Waals surface area contributed by atoms with Gasteiger partial charge in [-0.05, 0) is 30.2 Å². The van der Waals surface area contributed by atoms with Gasteiger partial charge in [0.25, 0.3) is 0 Å². The second-order valence-electron chi connectivity index (χ2n) is 5.68. The summed E-state index contributed by atoms with van der Waals surface area (Å²) in [5.41, 5.74) is 9.36. The summed E-state index contributed by atoms with van der Waals surface area (Å²) >= 11 is 11.6. The molecule has 0 unspecified atom stereocenters. The van der Waals surface area contributed by atoms with Crippen LogP contribution in [0.15, 0.2) is 51.1 Å². The molecule has 1 aromatic carbocycles. The lowest BCUT2D eigenvalue weighted by Crippen LogP contribution is -2.40. The van der Waals surface area contributed by atoms with Gasteiger partial charge in [-0.3, -0.25) is 15.6 Å². The van der Waals surface area contributed by atoms with E-state index < -0.39 is 27.5 Å². The fraction of sp³-hybridized carbons (Fsp3) is 0.125. The minimum absolute atomic E-state index is 0.0659. The predicted octanol–water partition coefficient (Wildman–Crippen LogP) is 2.20. The minimum atomic E-state index is -1.23. The standard InChI is InChI=1S/C16H14Cl2F2N6O4/c17-10-3-9(14(25(27)28)12(18)5-10)7-23-24-16(21)22-2-1-8-4-11(19)6-13(20)15(8)26(29)30/h3-7,23,29H,1-2H2,(H3-,21,22,24,27,28)/q-2/b9-7+. The third kappa shape index (κ3) is 5.97. The number of nitrogens with zero attached hydrogens (tertiary/aromatic N) is 3. The van der Waals surface area contributed by atoms with Gasteiger partial charge < -0.3 is 32.0 Å². The molecule has 0 atom stereocenters. The first-order valence-electron chi connectivity index (χ1n) is 8.02. The molecule has 0 saturated carbocycles. The van der Waals surface area contributed by atoms with Crippen LogP contribution in [-0.2, 0) is 6.42 Å². The number of benzene rings is 1. The molecule has 5 N–H and O–H groups in total. The molecule has 0 saturated heterocycles. The zero-order valence-electron chi connectivity index (χ0n) is 14.9. The molecule has 162 valence electrons. The number of hydrogen-bond donors (Lipinski definition) is 4. The quantitative estimate of drug-likeness (QED) is 0.216. The SMILES string of the molecule is NC(=NCCc1cc(F)cc(F)c1N([O-])O)NN/C=C1\C=C(Cl)C=C(Cl)C1=[N+]([O-])[O-]. The summed E-state index contributed by atoms with van der Waals surface area (Å²) in [7, 11) is 0. The third-order valence-electron chi connectivity index (χ3n) is 3.63. The molecule has 2 rings (SSSR count). The Morgan fingerprint density at radius 1 is 1.30 bits per heavy atom. The number of aliphatic imine (C=N–C) groups is 1. The van der Waals surface area contributed by atoms with Gasteiger partial charge in [-0.1, -0.05) is 23.2 Å². The van der Waals surface area contributed by atoms with Crippen LogP contribution in [0.3, 0.4) is 0 Å². The highest BCUT2D eigenvalue weighted by molar-refractivity contribution is 6.48. The van der Waals surface area contributed by atoms with E-state index in [0.717, 1.165) is 6.07 Å². The average Bonchev–Trinajstić information content (AvgIpc) is 2.59. The maximum Gasteiger partial charge on any atom is 0.250 e. The normalized spacial score (nSPS) is 15.6. The van der Waals surface area contributed by atoms with Crippen LogP contribution in [0, 0.1) is 27.3 Å². The molecule has 0 bridgehead atoms. The van der Waals surface area contributed by atoms with Crippen LogP contribution in [-0.4, -0.2) is 28.3 Å². The predicted molar refractivity (Wildman–Crippen MR) is 108 cm³/mol. The summed E-state index contributed by atoms with van der Waals surface area (Å²) in [6.07, 6.45) is 3.59. The number of hydrazine groups is 1. The van der Waals surface area contributed by atoms with Gasteiger partial charge in [0.05, 0.1) is 11.3 Å². The molecule has 1 aliphatic rings. The van der Waals surface area contributed by atoms with E-state index in [-0.39, 0.29) is 45.8 Å². The van der Waals surface area contributed by atoms with Crippen molar-refractivity contribution in [3.8, 4) is 0 Å². The van der Waals surface area contributed by atoms with Crippen molar-refractivity contribution in [2.24, 2.45) is 10.7 Å². The number of anilines is 1. The van der Waals surface area contributed by atoms with Crippen molar-refractivity contribution < 1.29 is 18.9 Å². The Kier molecular flexibility index (Phi) is 7.83. The molecule has 0 radical (unpaired) electrons. The maximum atomic E-state index is 13.6. The Bertz CT molecular complexity index is 975. The lowest BCUT2D eigenvalue weighted by Gasteiger charge is -2.25. The van der Waals surface area contributed by atoms with Gasteiger partial charge in [0.1, 0.15) is 10.8 Å². The molecule has 0 heterocycles. The molecular weight excluding hydrogens is 449 g/mol. The van der Waals surface area contributed by atoms with Crippen LogP contribution in [0.4, 0.5) is 14.5 Å². The Balaban J connectivity index is 2.02. The summed E-state index contributed by atoms with van der Waals surface area (Å²) in [6.45, 7) is -0.104. The number of rotatable bonds is 6.